The van der Waals surface area contributed by atoms with Crippen LogP contribution in [0.3, 0.4) is 0 Å². The van der Waals surface area contributed by atoms with E-state index in [-0.39, 0.29) is 5.46 Å². The Hall–Kier alpha value is -0.865. The second kappa shape index (κ2) is 4.39. The van der Waals surface area contributed by atoms with Crippen LogP contribution >= 0.6 is 0 Å². The van der Waals surface area contributed by atoms with E-state index in [0.717, 1.165) is 18.3 Å². The highest BCUT2D eigenvalue weighted by molar-refractivity contribution is 6.58. The fourth-order valence-corrected chi connectivity index (χ4v) is 0.760. The zero-order chi connectivity index (χ0) is 17.6. The second-order valence-corrected chi connectivity index (χ2v) is 2.35. The monoisotopic (exact) mass is 188 g/mol. The average molecular weight is 188 g/mol. The molecule has 0 saturated heterocycles. The van der Waals surface area contributed by atoms with Crippen LogP contribution in [0.15, 0.2) is 18.3 Å². The highest BCUT2D eigenvalue weighted by atomic mass is 16.4. The molecule has 3 nitrogen and oxygen atoms in total. The Balaban J connectivity index is 3.47. The minimum atomic E-state index is -3.45. The molecule has 0 unspecified atom stereocenters. The van der Waals surface area contributed by atoms with E-state index in [1.54, 1.807) is 0 Å². The highest BCUT2D eigenvalue weighted by Crippen LogP contribution is 2.02. The number of nitrogens with zero attached hydrogens (tertiary/aromatic N) is 1. The fraction of sp³-hybridized carbons (Fsp3) is 0.444. The number of hydrogen-bond donors (Lipinski definition) is 2. The van der Waals surface area contributed by atoms with Gasteiger partial charge in [0.15, 0.2) is 0 Å². The van der Waals surface area contributed by atoms with Gasteiger partial charge in [-0.1, -0.05) is 19.8 Å². The third-order valence-electron chi connectivity index (χ3n) is 1.34. The Labute approximate surface area is 91.2 Å². The molecule has 0 radical (unpaired) electrons. The zero-order valence-electron chi connectivity index (χ0n) is 15.7. The normalized spacial score (nSPS) is 24.6. The molecular weight excluding hydrogens is 165 g/mol. The molecule has 0 atom stereocenters. The quantitative estimate of drug-likeness (QED) is 0.654. The summed E-state index contributed by atoms with van der Waals surface area (Å²) in [4.78, 5) is 3.55. The lowest BCUT2D eigenvalue weighted by molar-refractivity contribution is 0.425. The van der Waals surface area contributed by atoms with Gasteiger partial charge in [0, 0.05) is 29.7 Å². The summed E-state index contributed by atoms with van der Waals surface area (Å²) in [5.41, 5.74) is -0.683. The Morgan fingerprint density at radius 3 is 2.92 bits per heavy atom. The summed E-state index contributed by atoms with van der Waals surface area (Å²) < 4.78 is 67.4. The Morgan fingerprint density at radius 1 is 1.69 bits per heavy atom. The van der Waals surface area contributed by atoms with Crippen LogP contribution in [-0.2, 0) is 6.37 Å². The summed E-state index contributed by atoms with van der Waals surface area (Å²) >= 11 is 0. The molecule has 0 bridgehead atoms. The molecule has 0 amide bonds. The van der Waals surface area contributed by atoms with Crippen molar-refractivity contribution in [1.29, 1.82) is 0 Å². The van der Waals surface area contributed by atoms with E-state index < -0.39 is 38.8 Å². The van der Waals surface area contributed by atoms with Gasteiger partial charge in [-0.05, 0) is 18.3 Å². The summed E-state index contributed by atoms with van der Waals surface area (Å²) in [6.07, 6.45) is -2.26. The molecule has 1 aromatic heterocycles. The maximum atomic E-state index is 8.94. The molecule has 2 N–H and O–H groups in total. The van der Waals surface area contributed by atoms with Gasteiger partial charge in [-0.15, -0.1) is 0 Å². The standard InChI is InChI=1S/C9H14BNO2/c1-7(2)5-9-4-3-8(6-11-9)10(12)13/h3-4,6-7,12-13H,5H2,1-2H3/i1D3,2D3,5D2,7D. The van der Waals surface area contributed by atoms with E-state index in [2.05, 4.69) is 4.98 Å². The molecule has 0 spiro atoms. The lowest BCUT2D eigenvalue weighted by atomic mass is 9.81. The first-order valence-corrected chi connectivity index (χ1v) is 3.49. The van der Waals surface area contributed by atoms with Crippen molar-refractivity contribution in [3.63, 3.8) is 0 Å². The molecule has 0 aliphatic heterocycles. The SMILES string of the molecule is [2H]C([2H])([2H])C([2H])(C([2H])([2H])[2H])C([2H])([2H])c1ccc(B(O)O)cn1. The third kappa shape index (κ3) is 3.16. The minimum absolute atomic E-state index is 0.0853. The largest absolute Gasteiger partial charge is 0.490 e. The van der Waals surface area contributed by atoms with E-state index in [0.29, 0.717) is 0 Å². The van der Waals surface area contributed by atoms with Crippen LogP contribution in [-0.4, -0.2) is 22.2 Å². The van der Waals surface area contributed by atoms with Gasteiger partial charge in [0.25, 0.3) is 0 Å². The maximum Gasteiger partial charge on any atom is 0.490 e. The van der Waals surface area contributed by atoms with Gasteiger partial charge in [0.1, 0.15) is 0 Å². The molecule has 0 saturated carbocycles. The lowest BCUT2D eigenvalue weighted by Gasteiger charge is -2.04. The zero-order valence-corrected chi connectivity index (χ0v) is 6.65. The van der Waals surface area contributed by atoms with E-state index in [1.807, 2.05) is 0 Å². The summed E-state index contributed by atoms with van der Waals surface area (Å²) in [6.45, 7) is -6.89. The van der Waals surface area contributed by atoms with Crippen molar-refractivity contribution >= 4 is 12.6 Å². The average Bonchev–Trinajstić information content (AvgIpc) is 2.35. The number of pyridine rings is 1. The van der Waals surface area contributed by atoms with Crippen LogP contribution in [0.1, 0.15) is 31.7 Å². The topological polar surface area (TPSA) is 53.4 Å². The Morgan fingerprint density at radius 2 is 2.46 bits per heavy atom. The van der Waals surface area contributed by atoms with Crippen LogP contribution in [0.25, 0.3) is 0 Å². The van der Waals surface area contributed by atoms with E-state index in [4.69, 9.17) is 22.4 Å². The molecule has 70 valence electrons. The van der Waals surface area contributed by atoms with Gasteiger partial charge >= 0.3 is 7.12 Å². The predicted octanol–water partition coefficient (Wildman–Crippen LogP) is -0.0401. The summed E-state index contributed by atoms with van der Waals surface area (Å²) in [7, 11) is -1.86. The van der Waals surface area contributed by atoms with Crippen LogP contribution in [0.2, 0.25) is 0 Å². The first-order valence-electron chi connectivity index (χ1n) is 7.99. The van der Waals surface area contributed by atoms with E-state index in [9.17, 15) is 0 Å². The van der Waals surface area contributed by atoms with Crippen LogP contribution in [0.5, 0.6) is 0 Å². The van der Waals surface area contributed by atoms with Gasteiger partial charge in [-0.25, -0.2) is 0 Å². The molecular formula is C9H14BNO2. The lowest BCUT2D eigenvalue weighted by Crippen LogP contribution is -2.30. The molecule has 1 rings (SSSR count). The fourth-order valence-electron chi connectivity index (χ4n) is 0.760. The van der Waals surface area contributed by atoms with Crippen molar-refractivity contribution in [2.24, 2.45) is 5.89 Å². The first kappa shape index (κ1) is 3.37. The number of hydrogen-bond acceptors (Lipinski definition) is 3. The van der Waals surface area contributed by atoms with Crippen molar-refractivity contribution in [2.45, 2.75) is 20.1 Å². The number of aromatic nitrogens is 1. The van der Waals surface area contributed by atoms with Crippen molar-refractivity contribution in [3.05, 3.63) is 24.0 Å². The van der Waals surface area contributed by atoms with Crippen LogP contribution in [0, 0.1) is 5.89 Å². The van der Waals surface area contributed by atoms with Crippen molar-refractivity contribution in [1.82, 2.24) is 4.98 Å². The highest BCUT2D eigenvalue weighted by Gasteiger charge is 2.10. The predicted molar refractivity (Wildman–Crippen MR) is 52.6 cm³/mol. The Kier molecular flexibility index (Phi) is 1.14. The molecule has 13 heavy (non-hydrogen) atoms. The van der Waals surface area contributed by atoms with Gasteiger partial charge in [-0.2, -0.15) is 0 Å². The second-order valence-electron chi connectivity index (χ2n) is 2.35. The maximum absolute atomic E-state index is 8.94. The third-order valence-corrected chi connectivity index (χ3v) is 1.34. The summed E-state index contributed by atoms with van der Waals surface area (Å²) in [5.74, 6) is -3.45. The summed E-state index contributed by atoms with van der Waals surface area (Å²) in [6, 6.07) is 1.99. The van der Waals surface area contributed by atoms with Gasteiger partial charge in [0.05, 0.1) is 0 Å². The molecule has 0 aromatic carbocycles. The van der Waals surface area contributed by atoms with Crippen molar-refractivity contribution in [3.8, 4) is 0 Å². The van der Waals surface area contributed by atoms with Gasteiger partial charge in [0.2, 0.25) is 0 Å². The summed E-state index contributed by atoms with van der Waals surface area (Å²) in [5, 5.41) is 17.9. The molecule has 4 heteroatoms. The molecule has 0 aliphatic carbocycles. The molecule has 1 heterocycles. The van der Waals surface area contributed by atoms with Crippen LogP contribution < -0.4 is 5.46 Å². The van der Waals surface area contributed by atoms with E-state index in [1.165, 1.54) is 0 Å². The van der Waals surface area contributed by atoms with E-state index >= 15 is 0 Å². The van der Waals surface area contributed by atoms with Crippen LogP contribution in [0.4, 0.5) is 0 Å². The van der Waals surface area contributed by atoms with Crippen molar-refractivity contribution < 1.29 is 22.4 Å². The minimum Gasteiger partial charge on any atom is -0.423 e. The number of rotatable bonds is 3. The molecule has 0 fully saturated rings. The van der Waals surface area contributed by atoms with Gasteiger partial charge in [-0.3, -0.25) is 4.98 Å². The first-order chi connectivity index (χ1) is 9.66. The smallest absolute Gasteiger partial charge is 0.423 e. The molecule has 1 aromatic rings. The molecule has 0 aliphatic rings. The Bertz CT molecular complexity index is 511. The van der Waals surface area contributed by atoms with Crippen molar-refractivity contribution in [2.75, 3.05) is 0 Å². The van der Waals surface area contributed by atoms with Gasteiger partial charge < -0.3 is 10.0 Å².